The smallest absolute Gasteiger partial charge is 0.335 e. The van der Waals surface area contributed by atoms with Crippen LogP contribution in [-0.4, -0.2) is 20.6 Å². The number of hydrogen-bond acceptors (Lipinski definition) is 3. The van der Waals surface area contributed by atoms with Gasteiger partial charge in [0.25, 0.3) is 5.56 Å². The molecule has 1 aliphatic carbocycles. The summed E-state index contributed by atoms with van der Waals surface area (Å²) in [6.45, 7) is 0.347. The molecule has 108 valence electrons. The molecule has 1 aromatic heterocycles. The van der Waals surface area contributed by atoms with Crippen molar-refractivity contribution in [1.29, 1.82) is 0 Å². The molecule has 0 amide bonds. The first-order chi connectivity index (χ1) is 10.1. The largest absolute Gasteiger partial charge is 0.478 e. The van der Waals surface area contributed by atoms with Gasteiger partial charge in [0.05, 0.1) is 24.1 Å². The van der Waals surface area contributed by atoms with Gasteiger partial charge in [-0.25, -0.2) is 9.78 Å². The molecule has 0 saturated heterocycles. The molecular formula is C16H16N2O3. The number of hydrogen-bond donors (Lipinski definition) is 1. The Morgan fingerprint density at radius 3 is 2.90 bits per heavy atom. The molecule has 1 aliphatic rings. The molecule has 1 heterocycles. The average Bonchev–Trinajstić information content (AvgIpc) is 2.51. The Labute approximate surface area is 121 Å². The van der Waals surface area contributed by atoms with Crippen LogP contribution in [0.15, 0.2) is 35.4 Å². The molecule has 0 fully saturated rings. The van der Waals surface area contributed by atoms with Crippen molar-refractivity contribution >= 4 is 5.97 Å². The maximum atomic E-state index is 12.4. The number of nitrogens with zero attached hydrogens (tertiary/aromatic N) is 2. The summed E-state index contributed by atoms with van der Waals surface area (Å²) in [5, 5.41) is 9.01. The standard InChI is InChI=1S/C16H16N2O3/c19-15-13-6-1-2-7-14(13)17-10-18(15)9-11-4-3-5-12(8-11)16(20)21/h3-5,8,10H,1-2,6-7,9H2,(H,20,21). The van der Waals surface area contributed by atoms with E-state index in [0.29, 0.717) is 6.54 Å². The molecule has 0 spiro atoms. The van der Waals surface area contributed by atoms with E-state index in [4.69, 9.17) is 5.11 Å². The lowest BCUT2D eigenvalue weighted by Gasteiger charge is -2.15. The number of carbonyl (C=O) groups is 1. The highest BCUT2D eigenvalue weighted by Crippen LogP contribution is 2.15. The fraction of sp³-hybridized carbons (Fsp3) is 0.312. The van der Waals surface area contributed by atoms with Gasteiger partial charge in [-0.3, -0.25) is 9.36 Å². The minimum atomic E-state index is -0.965. The van der Waals surface area contributed by atoms with Crippen LogP contribution in [-0.2, 0) is 19.4 Å². The Morgan fingerprint density at radius 2 is 2.10 bits per heavy atom. The first kappa shape index (κ1) is 13.5. The van der Waals surface area contributed by atoms with Gasteiger partial charge in [0.1, 0.15) is 0 Å². The minimum Gasteiger partial charge on any atom is -0.478 e. The fourth-order valence-electron chi connectivity index (χ4n) is 2.74. The van der Waals surface area contributed by atoms with Gasteiger partial charge in [0, 0.05) is 5.56 Å². The molecule has 0 atom stereocenters. The van der Waals surface area contributed by atoms with Crippen LogP contribution in [0.3, 0.4) is 0 Å². The summed E-state index contributed by atoms with van der Waals surface area (Å²) in [6, 6.07) is 6.64. The molecule has 0 radical (unpaired) electrons. The van der Waals surface area contributed by atoms with E-state index in [-0.39, 0.29) is 11.1 Å². The van der Waals surface area contributed by atoms with Crippen LogP contribution in [0.2, 0.25) is 0 Å². The number of fused-ring (bicyclic) bond motifs is 1. The van der Waals surface area contributed by atoms with Gasteiger partial charge in [0.15, 0.2) is 0 Å². The van der Waals surface area contributed by atoms with Crippen LogP contribution < -0.4 is 5.56 Å². The number of carboxylic acids is 1. The van der Waals surface area contributed by atoms with E-state index in [0.717, 1.165) is 42.5 Å². The Hall–Kier alpha value is -2.43. The minimum absolute atomic E-state index is 0.000396. The summed E-state index contributed by atoms with van der Waals surface area (Å²) in [7, 11) is 0. The second-order valence-electron chi connectivity index (χ2n) is 5.32. The third kappa shape index (κ3) is 2.72. The van der Waals surface area contributed by atoms with E-state index in [9.17, 15) is 9.59 Å². The highest BCUT2D eigenvalue weighted by atomic mass is 16.4. The normalized spacial score (nSPS) is 13.7. The van der Waals surface area contributed by atoms with Crippen molar-refractivity contribution in [2.75, 3.05) is 0 Å². The van der Waals surface area contributed by atoms with Gasteiger partial charge in [0.2, 0.25) is 0 Å². The van der Waals surface area contributed by atoms with Crippen LogP contribution >= 0.6 is 0 Å². The van der Waals surface area contributed by atoms with Crippen LogP contribution in [0.4, 0.5) is 0 Å². The monoisotopic (exact) mass is 284 g/mol. The highest BCUT2D eigenvalue weighted by molar-refractivity contribution is 5.87. The molecule has 3 rings (SSSR count). The quantitative estimate of drug-likeness (QED) is 0.934. The number of aromatic carboxylic acids is 1. The Morgan fingerprint density at radius 1 is 1.29 bits per heavy atom. The first-order valence-corrected chi connectivity index (χ1v) is 7.04. The van der Waals surface area contributed by atoms with E-state index in [2.05, 4.69) is 4.98 Å². The van der Waals surface area contributed by atoms with Crippen molar-refractivity contribution in [3.63, 3.8) is 0 Å². The zero-order valence-corrected chi connectivity index (χ0v) is 11.6. The lowest BCUT2D eigenvalue weighted by atomic mass is 9.97. The number of benzene rings is 1. The van der Waals surface area contributed by atoms with Crippen molar-refractivity contribution in [2.24, 2.45) is 0 Å². The van der Waals surface area contributed by atoms with Gasteiger partial charge in [-0.1, -0.05) is 12.1 Å². The van der Waals surface area contributed by atoms with Gasteiger partial charge >= 0.3 is 5.97 Å². The van der Waals surface area contributed by atoms with Crippen LogP contribution in [0, 0.1) is 0 Å². The number of rotatable bonds is 3. The van der Waals surface area contributed by atoms with Crippen molar-refractivity contribution in [3.8, 4) is 0 Å². The molecule has 1 N–H and O–H groups in total. The number of carboxylic acid groups (broad SMARTS) is 1. The molecule has 0 bridgehead atoms. The summed E-state index contributed by atoms with van der Waals surface area (Å²) >= 11 is 0. The maximum Gasteiger partial charge on any atom is 0.335 e. The van der Waals surface area contributed by atoms with E-state index in [1.807, 2.05) is 6.07 Å². The van der Waals surface area contributed by atoms with Crippen LogP contribution in [0.1, 0.15) is 40.0 Å². The van der Waals surface area contributed by atoms with Crippen molar-refractivity contribution < 1.29 is 9.90 Å². The number of aryl methyl sites for hydroxylation is 1. The molecule has 1 aromatic carbocycles. The zero-order valence-electron chi connectivity index (χ0n) is 11.6. The topological polar surface area (TPSA) is 72.2 Å². The van der Waals surface area contributed by atoms with E-state index >= 15 is 0 Å². The van der Waals surface area contributed by atoms with E-state index in [1.54, 1.807) is 29.1 Å². The lowest BCUT2D eigenvalue weighted by molar-refractivity contribution is 0.0696. The SMILES string of the molecule is O=C(O)c1cccc(Cn2cnc3c(c2=O)CCCC3)c1. The molecular weight excluding hydrogens is 268 g/mol. The van der Waals surface area contributed by atoms with Crippen LogP contribution in [0.25, 0.3) is 0 Å². The number of aromatic nitrogens is 2. The van der Waals surface area contributed by atoms with E-state index < -0.39 is 5.97 Å². The lowest BCUT2D eigenvalue weighted by Crippen LogP contribution is -2.28. The van der Waals surface area contributed by atoms with E-state index in [1.165, 1.54) is 0 Å². The second kappa shape index (κ2) is 5.52. The van der Waals surface area contributed by atoms with Crippen molar-refractivity contribution in [3.05, 3.63) is 63.3 Å². The summed E-state index contributed by atoms with van der Waals surface area (Å²) in [4.78, 5) is 27.8. The van der Waals surface area contributed by atoms with Crippen molar-refractivity contribution in [2.45, 2.75) is 32.2 Å². The molecule has 0 saturated carbocycles. The van der Waals surface area contributed by atoms with Gasteiger partial charge in [-0.05, 0) is 43.4 Å². The average molecular weight is 284 g/mol. The summed E-state index contributed by atoms with van der Waals surface area (Å²) < 4.78 is 1.56. The first-order valence-electron chi connectivity index (χ1n) is 7.04. The molecule has 5 nitrogen and oxygen atoms in total. The fourth-order valence-corrected chi connectivity index (χ4v) is 2.74. The van der Waals surface area contributed by atoms with Gasteiger partial charge in [-0.2, -0.15) is 0 Å². The van der Waals surface area contributed by atoms with Gasteiger partial charge < -0.3 is 5.11 Å². The predicted molar refractivity (Wildman–Crippen MR) is 77.6 cm³/mol. The zero-order chi connectivity index (χ0) is 14.8. The molecule has 5 heteroatoms. The Balaban J connectivity index is 1.93. The van der Waals surface area contributed by atoms with Gasteiger partial charge in [-0.15, -0.1) is 0 Å². The second-order valence-corrected chi connectivity index (χ2v) is 5.32. The maximum absolute atomic E-state index is 12.4. The summed E-state index contributed by atoms with van der Waals surface area (Å²) in [5.74, 6) is -0.965. The third-order valence-electron chi connectivity index (χ3n) is 3.84. The molecule has 2 aromatic rings. The summed E-state index contributed by atoms with van der Waals surface area (Å²) in [6.07, 6.45) is 5.35. The Kier molecular flexibility index (Phi) is 3.56. The summed E-state index contributed by atoms with van der Waals surface area (Å²) in [5.41, 5.74) is 2.75. The van der Waals surface area contributed by atoms with Crippen LogP contribution in [0.5, 0.6) is 0 Å². The Bertz CT molecular complexity index is 749. The molecule has 0 unspecified atom stereocenters. The predicted octanol–water partition coefficient (Wildman–Crippen LogP) is 1.87. The molecule has 21 heavy (non-hydrogen) atoms. The third-order valence-corrected chi connectivity index (χ3v) is 3.84. The highest BCUT2D eigenvalue weighted by Gasteiger charge is 2.15. The molecule has 0 aliphatic heterocycles. The van der Waals surface area contributed by atoms with Crippen molar-refractivity contribution in [1.82, 2.24) is 9.55 Å².